The number of nitrogens with zero attached hydrogens (tertiary/aromatic N) is 2. The molecule has 1 saturated heterocycles. The molecule has 6 nitrogen and oxygen atoms in total. The van der Waals surface area contributed by atoms with Crippen LogP contribution < -0.4 is 5.32 Å². The van der Waals surface area contributed by atoms with E-state index in [1.807, 2.05) is 0 Å². The van der Waals surface area contributed by atoms with Crippen molar-refractivity contribution in [1.29, 1.82) is 0 Å². The van der Waals surface area contributed by atoms with E-state index < -0.39 is 0 Å². The Bertz CT molecular complexity index is 626. The number of ether oxygens (including phenoxy) is 1. The van der Waals surface area contributed by atoms with Gasteiger partial charge in [-0.2, -0.15) is 0 Å². The average Bonchev–Trinajstić information content (AvgIpc) is 3.21. The van der Waals surface area contributed by atoms with Crippen LogP contribution in [0, 0.1) is 0 Å². The van der Waals surface area contributed by atoms with E-state index in [2.05, 4.69) is 17.1 Å². The Kier molecular flexibility index (Phi) is 5.68. The minimum absolute atomic E-state index is 0.128. The highest BCUT2D eigenvalue weighted by molar-refractivity contribution is 7.99. The van der Waals surface area contributed by atoms with Gasteiger partial charge in [0, 0.05) is 30.3 Å². The second kappa shape index (κ2) is 7.76. The van der Waals surface area contributed by atoms with Crippen molar-refractivity contribution in [2.45, 2.75) is 26.8 Å². The zero-order valence-electron chi connectivity index (χ0n) is 14.1. The number of thioether (sulfide) groups is 1. The number of fused-ring (bicyclic) bond motifs is 1. The predicted octanol–water partition coefficient (Wildman–Crippen LogP) is 2.84. The molecule has 1 aromatic rings. The minimum atomic E-state index is -0.328. The third kappa shape index (κ3) is 3.55. The number of nitrogens with one attached hydrogen (secondary N) is 1. The van der Waals surface area contributed by atoms with Gasteiger partial charge in [0.15, 0.2) is 0 Å². The molecule has 3 heterocycles. The van der Waals surface area contributed by atoms with Crippen molar-refractivity contribution in [2.24, 2.45) is 0 Å². The number of rotatable bonds is 4. The summed E-state index contributed by atoms with van der Waals surface area (Å²) >= 11 is 3.25. The lowest BCUT2D eigenvalue weighted by atomic mass is 10.0. The second-order valence-electron chi connectivity index (χ2n) is 5.78. The Morgan fingerprint density at radius 2 is 2.12 bits per heavy atom. The van der Waals surface area contributed by atoms with Crippen LogP contribution in [0.15, 0.2) is 0 Å². The molecule has 0 atom stereocenters. The molecule has 0 unspecified atom stereocenters. The van der Waals surface area contributed by atoms with Crippen LogP contribution >= 0.6 is 23.1 Å². The van der Waals surface area contributed by atoms with Crippen LogP contribution in [0.5, 0.6) is 0 Å². The van der Waals surface area contributed by atoms with Crippen molar-refractivity contribution in [3.63, 3.8) is 0 Å². The van der Waals surface area contributed by atoms with Crippen molar-refractivity contribution in [2.75, 3.05) is 43.2 Å². The summed E-state index contributed by atoms with van der Waals surface area (Å²) in [6.07, 6.45) is 0.823. The molecule has 0 aliphatic carbocycles. The number of esters is 1. The van der Waals surface area contributed by atoms with Crippen LogP contribution in [-0.2, 0) is 17.7 Å². The lowest BCUT2D eigenvalue weighted by Gasteiger charge is -2.25. The third-order valence-electron chi connectivity index (χ3n) is 4.32. The van der Waals surface area contributed by atoms with Gasteiger partial charge in [0.2, 0.25) is 0 Å². The first-order chi connectivity index (χ1) is 11.6. The summed E-state index contributed by atoms with van der Waals surface area (Å²) in [6, 6.07) is -0.128. The highest BCUT2D eigenvalue weighted by Crippen LogP contribution is 2.38. The molecular weight excluding hydrogens is 346 g/mol. The molecule has 0 aromatic carbocycles. The third-order valence-corrected chi connectivity index (χ3v) is 6.42. The highest BCUT2D eigenvalue weighted by Gasteiger charge is 2.30. The summed E-state index contributed by atoms with van der Waals surface area (Å²) < 4.78 is 5.24. The first-order valence-corrected chi connectivity index (χ1v) is 10.3. The number of anilines is 1. The fourth-order valence-electron chi connectivity index (χ4n) is 2.98. The van der Waals surface area contributed by atoms with Gasteiger partial charge in [-0.25, -0.2) is 9.59 Å². The fourth-order valence-corrected chi connectivity index (χ4v) is 5.20. The smallest absolute Gasteiger partial charge is 0.341 e. The van der Waals surface area contributed by atoms with Crippen molar-refractivity contribution < 1.29 is 14.3 Å². The van der Waals surface area contributed by atoms with Crippen molar-refractivity contribution in [1.82, 2.24) is 9.80 Å². The van der Waals surface area contributed by atoms with Gasteiger partial charge in [-0.05, 0) is 25.5 Å². The summed E-state index contributed by atoms with van der Waals surface area (Å²) in [6.45, 7) is 7.77. The van der Waals surface area contributed by atoms with Crippen LogP contribution in [0.2, 0.25) is 0 Å². The van der Waals surface area contributed by atoms with Gasteiger partial charge in [-0.3, -0.25) is 10.2 Å². The van der Waals surface area contributed by atoms with Crippen molar-refractivity contribution >= 4 is 40.1 Å². The molecule has 1 aromatic heterocycles. The molecule has 1 N–H and O–H groups in total. The predicted molar refractivity (Wildman–Crippen MR) is 98.0 cm³/mol. The number of carbonyl (C=O) groups excluding carboxylic acids is 2. The van der Waals surface area contributed by atoms with E-state index in [9.17, 15) is 9.59 Å². The van der Waals surface area contributed by atoms with Gasteiger partial charge in [0.25, 0.3) is 0 Å². The van der Waals surface area contributed by atoms with Gasteiger partial charge in [0.1, 0.15) is 5.00 Å². The maximum atomic E-state index is 12.5. The van der Waals surface area contributed by atoms with E-state index in [0.717, 1.165) is 48.8 Å². The van der Waals surface area contributed by atoms with Crippen LogP contribution in [0.25, 0.3) is 0 Å². The monoisotopic (exact) mass is 369 g/mol. The molecule has 2 aliphatic heterocycles. The van der Waals surface area contributed by atoms with E-state index in [4.69, 9.17) is 4.74 Å². The number of hydrogen-bond acceptors (Lipinski definition) is 6. The molecular formula is C16H23N3O3S2. The molecule has 0 saturated carbocycles. The Morgan fingerprint density at radius 3 is 2.79 bits per heavy atom. The molecule has 1 fully saturated rings. The van der Waals surface area contributed by atoms with Crippen molar-refractivity contribution in [3.8, 4) is 0 Å². The molecule has 3 rings (SSSR count). The summed E-state index contributed by atoms with van der Waals surface area (Å²) in [7, 11) is 0. The normalized spacial score (nSPS) is 17.7. The molecule has 8 heteroatoms. The Hall–Kier alpha value is -1.25. The van der Waals surface area contributed by atoms with E-state index in [0.29, 0.717) is 23.0 Å². The lowest BCUT2D eigenvalue weighted by Crippen LogP contribution is -2.32. The number of amides is 2. The number of urea groups is 1. The van der Waals surface area contributed by atoms with Gasteiger partial charge in [-0.15, -0.1) is 23.1 Å². The minimum Gasteiger partial charge on any atom is -0.462 e. The average molecular weight is 370 g/mol. The fraction of sp³-hybridized carbons (Fsp3) is 0.625. The van der Waals surface area contributed by atoms with Crippen LogP contribution in [0.1, 0.15) is 34.6 Å². The first-order valence-electron chi connectivity index (χ1n) is 8.31. The molecule has 2 aliphatic rings. The number of likely N-dealkylation sites (N-methyl/N-ethyl adjacent to an activating group) is 1. The SMILES string of the molecule is CCOC(=O)c1c(NC(=O)N2CCSC2)sc2c1CCN(CC)C2. The second-order valence-corrected chi connectivity index (χ2v) is 7.96. The topological polar surface area (TPSA) is 61.9 Å². The highest BCUT2D eigenvalue weighted by atomic mass is 32.2. The summed E-state index contributed by atoms with van der Waals surface area (Å²) in [5.74, 6) is 1.34. The number of hydrogen-bond donors (Lipinski definition) is 1. The lowest BCUT2D eigenvalue weighted by molar-refractivity contribution is 0.0526. The van der Waals surface area contributed by atoms with E-state index in [1.165, 1.54) is 11.3 Å². The van der Waals surface area contributed by atoms with E-state index >= 15 is 0 Å². The van der Waals surface area contributed by atoms with Gasteiger partial charge < -0.3 is 9.64 Å². The maximum absolute atomic E-state index is 12.5. The van der Waals surface area contributed by atoms with Crippen molar-refractivity contribution in [3.05, 3.63) is 16.0 Å². The summed E-state index contributed by atoms with van der Waals surface area (Å²) in [5, 5.41) is 3.59. The van der Waals surface area contributed by atoms with Gasteiger partial charge in [-0.1, -0.05) is 6.92 Å². The molecule has 132 valence electrons. The molecule has 0 spiro atoms. The number of thiophene rings is 1. The standard InChI is InChI=1S/C16H23N3O3S2/c1-3-18-6-5-11-12(9-18)24-14(13(11)15(20)22-4-2)17-16(21)19-7-8-23-10-19/h3-10H2,1-2H3,(H,17,21). The summed E-state index contributed by atoms with van der Waals surface area (Å²) in [4.78, 5) is 30.2. The molecule has 0 radical (unpaired) electrons. The Balaban J connectivity index is 1.87. The quantitative estimate of drug-likeness (QED) is 0.827. The van der Waals surface area contributed by atoms with Crippen LogP contribution in [-0.4, -0.2) is 59.7 Å². The Morgan fingerprint density at radius 1 is 1.29 bits per heavy atom. The maximum Gasteiger partial charge on any atom is 0.341 e. The van der Waals surface area contributed by atoms with Crippen LogP contribution in [0.3, 0.4) is 0 Å². The zero-order chi connectivity index (χ0) is 17.1. The molecule has 2 amide bonds. The molecule has 24 heavy (non-hydrogen) atoms. The zero-order valence-corrected chi connectivity index (χ0v) is 15.7. The number of carbonyl (C=O) groups is 2. The van der Waals surface area contributed by atoms with E-state index in [1.54, 1.807) is 23.6 Å². The van der Waals surface area contributed by atoms with Gasteiger partial charge in [0.05, 0.1) is 18.0 Å². The summed E-state index contributed by atoms with van der Waals surface area (Å²) in [5.41, 5.74) is 1.61. The van der Waals surface area contributed by atoms with Crippen LogP contribution in [0.4, 0.5) is 9.80 Å². The van der Waals surface area contributed by atoms with E-state index in [-0.39, 0.29) is 12.0 Å². The van der Waals surface area contributed by atoms with Gasteiger partial charge >= 0.3 is 12.0 Å². The Labute approximate surface area is 150 Å². The molecule has 0 bridgehead atoms. The largest absolute Gasteiger partial charge is 0.462 e. The first kappa shape index (κ1) is 17.6.